The van der Waals surface area contributed by atoms with E-state index in [0.717, 1.165) is 28.0 Å². The van der Waals surface area contributed by atoms with Gasteiger partial charge in [-0.25, -0.2) is 0 Å². The third-order valence-corrected chi connectivity index (χ3v) is 3.45. The number of benzene rings is 1. The number of halogens is 3. The molecule has 0 atom stereocenters. The summed E-state index contributed by atoms with van der Waals surface area (Å²) in [6.45, 7) is 3.33. The van der Waals surface area contributed by atoms with Gasteiger partial charge in [0.05, 0.1) is 0 Å². The van der Waals surface area contributed by atoms with Crippen LogP contribution in [-0.4, -0.2) is 5.91 Å². The van der Waals surface area contributed by atoms with Crippen LogP contribution in [0.1, 0.15) is 22.3 Å². The fourth-order valence-corrected chi connectivity index (χ4v) is 2.30. The third-order valence-electron chi connectivity index (χ3n) is 3.45. The Morgan fingerprint density at radius 3 is 2.42 bits per heavy atom. The average Bonchev–Trinajstić information content (AvgIpc) is 2.50. The summed E-state index contributed by atoms with van der Waals surface area (Å²) in [5.74, 6) is -0.472. The van der Waals surface area contributed by atoms with Gasteiger partial charge in [-0.05, 0) is 31.0 Å². The van der Waals surface area contributed by atoms with Crippen LogP contribution in [0, 0.1) is 25.2 Å². The first kappa shape index (κ1) is 17.5. The van der Waals surface area contributed by atoms with Crippen molar-refractivity contribution in [1.82, 2.24) is 0 Å². The Labute approximate surface area is 137 Å². The zero-order valence-electron chi connectivity index (χ0n) is 13.1. The molecule has 2 aromatic rings. The molecular weight excluding hydrogens is 319 g/mol. The molecule has 1 aromatic carbocycles. The summed E-state index contributed by atoms with van der Waals surface area (Å²) in [6.07, 6.45) is -2.57. The monoisotopic (exact) mass is 334 g/mol. The number of nitrogens with one attached hydrogen (secondary N) is 1. The van der Waals surface area contributed by atoms with E-state index in [2.05, 4.69) is 5.32 Å². The van der Waals surface area contributed by atoms with Crippen LogP contribution in [0.5, 0.6) is 0 Å². The summed E-state index contributed by atoms with van der Waals surface area (Å²) in [5, 5.41) is 11.6. The lowest BCUT2D eigenvalue weighted by molar-refractivity contribution is -0.685. The van der Waals surface area contributed by atoms with Gasteiger partial charge in [0.2, 0.25) is 6.54 Å². The minimum absolute atomic E-state index is 0.162. The van der Waals surface area contributed by atoms with E-state index >= 15 is 0 Å². The summed E-state index contributed by atoms with van der Waals surface area (Å²) in [7, 11) is 0. The van der Waals surface area contributed by atoms with Crippen LogP contribution < -0.4 is 9.88 Å². The van der Waals surface area contributed by atoms with Crippen LogP contribution in [0.15, 0.2) is 36.7 Å². The number of aromatic nitrogens is 1. The van der Waals surface area contributed by atoms with E-state index in [4.69, 9.17) is 5.26 Å². The molecule has 0 bridgehead atoms. The normalized spacial score (nSPS) is 11.0. The van der Waals surface area contributed by atoms with Gasteiger partial charge in [0.25, 0.3) is 5.91 Å². The van der Waals surface area contributed by atoms with Crippen LogP contribution in [0.4, 0.5) is 18.9 Å². The van der Waals surface area contributed by atoms with Gasteiger partial charge in [-0.2, -0.15) is 23.0 Å². The van der Waals surface area contributed by atoms with Gasteiger partial charge in [-0.15, -0.1) is 0 Å². The molecule has 0 fully saturated rings. The number of pyridine rings is 1. The molecule has 0 unspecified atom stereocenters. The van der Waals surface area contributed by atoms with E-state index in [1.807, 2.05) is 32.0 Å². The lowest BCUT2D eigenvalue weighted by Crippen LogP contribution is -2.41. The molecule has 2 rings (SSSR count). The van der Waals surface area contributed by atoms with Crippen molar-refractivity contribution in [2.45, 2.75) is 26.6 Å². The Bertz CT molecular complexity index is 803. The fourth-order valence-electron chi connectivity index (χ4n) is 2.30. The molecule has 24 heavy (non-hydrogen) atoms. The van der Waals surface area contributed by atoms with Crippen molar-refractivity contribution in [2.75, 3.05) is 5.32 Å². The number of nitriles is 1. The Kier molecular flexibility index (Phi) is 4.88. The van der Waals surface area contributed by atoms with Crippen molar-refractivity contribution in [3.05, 3.63) is 58.9 Å². The van der Waals surface area contributed by atoms with Crippen LogP contribution in [0.25, 0.3) is 0 Å². The third kappa shape index (κ3) is 4.10. The summed E-state index contributed by atoms with van der Waals surface area (Å²) < 4.78 is 39.6. The molecule has 0 aliphatic heterocycles. The second kappa shape index (κ2) is 6.71. The van der Waals surface area contributed by atoms with Gasteiger partial charge in [0.15, 0.2) is 12.4 Å². The summed E-state index contributed by atoms with van der Waals surface area (Å²) in [4.78, 5) is 12.2. The maximum atomic E-state index is 12.9. The van der Waals surface area contributed by atoms with Crippen molar-refractivity contribution >= 4 is 11.6 Å². The minimum Gasteiger partial charge on any atom is -0.320 e. The number of alkyl halides is 3. The van der Waals surface area contributed by atoms with Gasteiger partial charge in [0.1, 0.15) is 17.2 Å². The van der Waals surface area contributed by atoms with E-state index in [0.29, 0.717) is 5.69 Å². The number of aryl methyl sites for hydroxylation is 2. The second-order valence-corrected chi connectivity index (χ2v) is 5.41. The largest absolute Gasteiger partial charge is 0.422 e. The zero-order chi connectivity index (χ0) is 17.9. The highest BCUT2D eigenvalue weighted by Crippen LogP contribution is 2.28. The van der Waals surface area contributed by atoms with E-state index in [1.54, 1.807) is 6.07 Å². The number of anilines is 1. The topological polar surface area (TPSA) is 56.8 Å². The van der Waals surface area contributed by atoms with Crippen molar-refractivity contribution in [2.24, 2.45) is 0 Å². The summed E-state index contributed by atoms with van der Waals surface area (Å²) in [5.41, 5.74) is 1.21. The molecular formula is C17H15F3N3O+. The molecule has 7 heteroatoms. The maximum Gasteiger partial charge on any atom is 0.422 e. The first-order valence-corrected chi connectivity index (χ1v) is 7.08. The number of amides is 1. The number of carbonyl (C=O) groups is 1. The number of carbonyl (C=O) groups excluding carboxylic acids is 1. The standard InChI is InChI=1S/C17H14F3N3O/c1-11-4-3-5-12(2)16(11)22-15(24)10-23-8-13(7-21)6-14(9-23)17(18,19)20/h3-6,8-9H,10H2,1-2H3/p+1. The zero-order valence-corrected chi connectivity index (χ0v) is 13.1. The number of nitrogens with zero attached hydrogens (tertiary/aromatic N) is 2. The molecule has 0 aliphatic rings. The quantitative estimate of drug-likeness (QED) is 0.877. The molecule has 0 saturated carbocycles. The highest BCUT2D eigenvalue weighted by molar-refractivity contribution is 5.91. The molecule has 1 amide bonds. The molecule has 0 radical (unpaired) electrons. The maximum absolute atomic E-state index is 12.9. The predicted octanol–water partition coefficient (Wildman–Crippen LogP) is 3.12. The average molecular weight is 334 g/mol. The number of para-hydroxylation sites is 1. The Balaban J connectivity index is 2.25. The number of hydrogen-bond acceptors (Lipinski definition) is 2. The van der Waals surface area contributed by atoms with Crippen molar-refractivity contribution in [1.29, 1.82) is 5.26 Å². The highest BCUT2D eigenvalue weighted by atomic mass is 19.4. The Morgan fingerprint density at radius 2 is 1.88 bits per heavy atom. The highest BCUT2D eigenvalue weighted by Gasteiger charge is 2.34. The SMILES string of the molecule is Cc1cccc(C)c1NC(=O)C[n+]1cc(C#N)cc(C(F)(F)F)c1. The van der Waals surface area contributed by atoms with Gasteiger partial charge in [-0.1, -0.05) is 18.2 Å². The first-order chi connectivity index (χ1) is 11.2. The summed E-state index contributed by atoms with van der Waals surface area (Å²) >= 11 is 0. The van der Waals surface area contributed by atoms with Crippen LogP contribution in [-0.2, 0) is 17.5 Å². The lowest BCUT2D eigenvalue weighted by atomic mass is 10.1. The smallest absolute Gasteiger partial charge is 0.320 e. The van der Waals surface area contributed by atoms with Crippen molar-refractivity contribution < 1.29 is 22.5 Å². The minimum atomic E-state index is -4.59. The molecule has 1 N–H and O–H groups in total. The molecule has 4 nitrogen and oxygen atoms in total. The molecule has 0 spiro atoms. The van der Waals surface area contributed by atoms with Gasteiger partial charge < -0.3 is 5.32 Å². The second-order valence-electron chi connectivity index (χ2n) is 5.41. The molecule has 0 saturated heterocycles. The van der Waals surface area contributed by atoms with E-state index < -0.39 is 17.6 Å². The molecule has 0 aliphatic carbocycles. The lowest BCUT2D eigenvalue weighted by Gasteiger charge is -2.10. The Morgan fingerprint density at radius 1 is 1.25 bits per heavy atom. The predicted molar refractivity (Wildman–Crippen MR) is 80.9 cm³/mol. The van der Waals surface area contributed by atoms with Crippen LogP contribution in [0.2, 0.25) is 0 Å². The van der Waals surface area contributed by atoms with Crippen molar-refractivity contribution in [3.8, 4) is 6.07 Å². The summed E-state index contributed by atoms with van der Waals surface area (Å²) in [6, 6.07) is 7.92. The van der Waals surface area contributed by atoms with Crippen LogP contribution in [0.3, 0.4) is 0 Å². The number of rotatable bonds is 3. The van der Waals surface area contributed by atoms with E-state index in [-0.39, 0.29) is 12.1 Å². The molecule has 124 valence electrons. The van der Waals surface area contributed by atoms with Gasteiger partial charge in [0, 0.05) is 5.69 Å². The fraction of sp³-hybridized carbons (Fsp3) is 0.235. The van der Waals surface area contributed by atoms with Gasteiger partial charge in [-0.3, -0.25) is 4.79 Å². The van der Waals surface area contributed by atoms with Crippen LogP contribution >= 0.6 is 0 Å². The molecule has 1 aromatic heterocycles. The molecule has 1 heterocycles. The Hall–Kier alpha value is -2.88. The van der Waals surface area contributed by atoms with Crippen molar-refractivity contribution in [3.63, 3.8) is 0 Å². The van der Waals surface area contributed by atoms with E-state index in [1.165, 1.54) is 6.20 Å². The van der Waals surface area contributed by atoms with E-state index in [9.17, 15) is 18.0 Å². The number of hydrogen-bond donors (Lipinski definition) is 1. The first-order valence-electron chi connectivity index (χ1n) is 7.08. The van der Waals surface area contributed by atoms with Gasteiger partial charge >= 0.3 is 6.18 Å².